The summed E-state index contributed by atoms with van der Waals surface area (Å²) in [7, 11) is 1.91. The molecule has 2 heterocycles. The van der Waals surface area contributed by atoms with E-state index in [2.05, 4.69) is 31.0 Å². The fourth-order valence-corrected chi connectivity index (χ4v) is 3.02. The first-order valence-electron chi connectivity index (χ1n) is 8.44. The first-order valence-corrected chi connectivity index (χ1v) is 8.44. The third-order valence-corrected chi connectivity index (χ3v) is 4.43. The van der Waals surface area contributed by atoms with Gasteiger partial charge in [-0.25, -0.2) is 0 Å². The van der Waals surface area contributed by atoms with E-state index >= 15 is 0 Å². The molecule has 0 aromatic carbocycles. The number of aromatic nitrogens is 2. The maximum Gasteiger partial charge on any atom is 0.323 e. The summed E-state index contributed by atoms with van der Waals surface area (Å²) in [5.41, 5.74) is 1.93. The van der Waals surface area contributed by atoms with Crippen LogP contribution >= 0.6 is 0 Å². The van der Waals surface area contributed by atoms with E-state index in [4.69, 9.17) is 5.11 Å². The van der Waals surface area contributed by atoms with E-state index in [9.17, 15) is 9.59 Å². The average molecular weight is 336 g/mol. The van der Waals surface area contributed by atoms with Crippen molar-refractivity contribution in [1.29, 1.82) is 0 Å². The van der Waals surface area contributed by atoms with Crippen LogP contribution in [0.4, 0.5) is 0 Å². The molecule has 134 valence electrons. The molecule has 7 nitrogen and oxygen atoms in total. The summed E-state index contributed by atoms with van der Waals surface area (Å²) in [6, 6.07) is 1.75. The molecule has 2 N–H and O–H groups in total. The number of aromatic amines is 1. The van der Waals surface area contributed by atoms with Crippen LogP contribution in [0.15, 0.2) is 6.07 Å². The molecular weight excluding hydrogens is 308 g/mol. The first kappa shape index (κ1) is 18.4. The molecule has 1 amide bonds. The molecule has 1 aliphatic heterocycles. The van der Waals surface area contributed by atoms with Gasteiger partial charge in [0.1, 0.15) is 6.54 Å². The third-order valence-electron chi connectivity index (χ3n) is 4.43. The molecule has 1 saturated heterocycles. The van der Waals surface area contributed by atoms with Crippen LogP contribution in [-0.4, -0.2) is 63.2 Å². The molecule has 24 heavy (non-hydrogen) atoms. The quantitative estimate of drug-likeness (QED) is 0.852. The average Bonchev–Trinajstić information content (AvgIpc) is 2.86. The summed E-state index contributed by atoms with van der Waals surface area (Å²) in [6.07, 6.45) is 2.53. The number of carboxylic acid groups (broad SMARTS) is 1. The van der Waals surface area contributed by atoms with Gasteiger partial charge in [-0.3, -0.25) is 19.6 Å². The Labute approximate surface area is 143 Å². The summed E-state index contributed by atoms with van der Waals surface area (Å²) < 4.78 is 0. The fraction of sp³-hybridized carbons (Fsp3) is 0.706. The van der Waals surface area contributed by atoms with Gasteiger partial charge in [0.2, 0.25) is 5.91 Å². The summed E-state index contributed by atoms with van der Waals surface area (Å²) in [5, 5.41) is 16.4. The van der Waals surface area contributed by atoms with Gasteiger partial charge in [-0.2, -0.15) is 5.10 Å². The van der Waals surface area contributed by atoms with Crippen molar-refractivity contribution in [2.45, 2.75) is 58.0 Å². The van der Waals surface area contributed by atoms with Gasteiger partial charge in [0, 0.05) is 24.2 Å². The minimum atomic E-state index is -0.963. The van der Waals surface area contributed by atoms with Crippen LogP contribution in [0, 0.1) is 0 Å². The number of likely N-dealkylation sites (N-methyl/N-ethyl adjacent to an activating group) is 1. The highest BCUT2D eigenvalue weighted by molar-refractivity contribution is 5.85. The molecule has 0 radical (unpaired) electrons. The topological polar surface area (TPSA) is 89.5 Å². The van der Waals surface area contributed by atoms with Crippen LogP contribution in [0.2, 0.25) is 0 Å². The van der Waals surface area contributed by atoms with Gasteiger partial charge >= 0.3 is 5.97 Å². The van der Waals surface area contributed by atoms with E-state index in [1.54, 1.807) is 0 Å². The van der Waals surface area contributed by atoms with Crippen LogP contribution in [0.25, 0.3) is 0 Å². The highest BCUT2D eigenvalue weighted by Crippen LogP contribution is 2.22. The zero-order valence-electron chi connectivity index (χ0n) is 15.0. The molecule has 0 aliphatic carbocycles. The zero-order valence-corrected chi connectivity index (χ0v) is 15.0. The van der Waals surface area contributed by atoms with E-state index in [-0.39, 0.29) is 23.9 Å². The molecule has 0 spiro atoms. The zero-order chi connectivity index (χ0) is 17.9. The van der Waals surface area contributed by atoms with Crippen molar-refractivity contribution in [3.63, 3.8) is 0 Å². The summed E-state index contributed by atoms with van der Waals surface area (Å²) >= 11 is 0. The summed E-state index contributed by atoms with van der Waals surface area (Å²) in [6.45, 7) is 7.20. The van der Waals surface area contributed by atoms with Crippen LogP contribution in [0.1, 0.15) is 51.4 Å². The molecule has 0 bridgehead atoms. The maximum atomic E-state index is 12.7. The number of amides is 1. The molecule has 1 aromatic heterocycles. The molecule has 2 rings (SSSR count). The van der Waals surface area contributed by atoms with Crippen molar-refractivity contribution in [2.24, 2.45) is 0 Å². The number of rotatable bonds is 5. The second kappa shape index (κ2) is 7.34. The molecular formula is C17H28N4O3. The Balaban J connectivity index is 2.06. The number of nitrogens with zero attached hydrogens (tertiary/aromatic N) is 3. The lowest BCUT2D eigenvalue weighted by Gasteiger charge is -2.29. The van der Waals surface area contributed by atoms with E-state index in [1.165, 1.54) is 4.90 Å². The Morgan fingerprint density at radius 3 is 2.75 bits per heavy atom. The highest BCUT2D eigenvalue weighted by atomic mass is 16.4. The van der Waals surface area contributed by atoms with Gasteiger partial charge in [-0.15, -0.1) is 0 Å². The normalized spacial score (nSPS) is 19.6. The summed E-state index contributed by atoms with van der Waals surface area (Å²) in [5.74, 6) is -1.05. The second-order valence-corrected chi connectivity index (χ2v) is 7.61. The van der Waals surface area contributed by atoms with Crippen LogP contribution in [-0.2, 0) is 21.5 Å². The van der Waals surface area contributed by atoms with E-state index in [0.717, 1.165) is 30.7 Å². The largest absolute Gasteiger partial charge is 0.480 e. The Morgan fingerprint density at radius 2 is 2.17 bits per heavy atom. The van der Waals surface area contributed by atoms with E-state index in [0.29, 0.717) is 13.1 Å². The molecule has 1 aromatic rings. The van der Waals surface area contributed by atoms with Crippen molar-refractivity contribution in [1.82, 2.24) is 20.0 Å². The second-order valence-electron chi connectivity index (χ2n) is 7.61. The third kappa shape index (κ3) is 4.56. The SMILES string of the molecule is CN(Cc1cc(C(C)(C)C)n[nH]1)C1CCCCN(CC(=O)O)C1=O. The predicted molar refractivity (Wildman–Crippen MR) is 90.6 cm³/mol. The number of carbonyl (C=O) groups excluding carboxylic acids is 1. The van der Waals surface area contributed by atoms with Crippen molar-refractivity contribution in [3.05, 3.63) is 17.5 Å². The smallest absolute Gasteiger partial charge is 0.323 e. The van der Waals surface area contributed by atoms with E-state index < -0.39 is 5.97 Å². The van der Waals surface area contributed by atoms with Crippen LogP contribution < -0.4 is 0 Å². The number of hydrogen-bond acceptors (Lipinski definition) is 4. The molecule has 0 saturated carbocycles. The number of carboxylic acids is 1. The number of nitrogens with one attached hydrogen (secondary N) is 1. The number of H-pyrrole nitrogens is 1. The minimum absolute atomic E-state index is 0.0241. The number of likely N-dealkylation sites (tertiary alicyclic amines) is 1. The van der Waals surface area contributed by atoms with Crippen molar-refractivity contribution in [2.75, 3.05) is 20.1 Å². The van der Waals surface area contributed by atoms with Gasteiger partial charge < -0.3 is 10.0 Å². The molecule has 1 unspecified atom stereocenters. The van der Waals surface area contributed by atoms with Crippen molar-refractivity contribution < 1.29 is 14.7 Å². The molecule has 1 aliphatic rings. The Kier molecular flexibility index (Phi) is 5.64. The van der Waals surface area contributed by atoms with Gasteiger partial charge in [0.05, 0.1) is 11.7 Å². The van der Waals surface area contributed by atoms with Crippen LogP contribution in [0.5, 0.6) is 0 Å². The van der Waals surface area contributed by atoms with E-state index in [1.807, 2.05) is 18.0 Å². The summed E-state index contributed by atoms with van der Waals surface area (Å²) in [4.78, 5) is 27.1. The highest BCUT2D eigenvalue weighted by Gasteiger charge is 2.31. The van der Waals surface area contributed by atoms with Crippen molar-refractivity contribution >= 4 is 11.9 Å². The van der Waals surface area contributed by atoms with Gasteiger partial charge in [0.25, 0.3) is 0 Å². The van der Waals surface area contributed by atoms with Gasteiger partial charge in [-0.1, -0.05) is 20.8 Å². The lowest BCUT2D eigenvalue weighted by Crippen LogP contribution is -2.47. The first-order chi connectivity index (χ1) is 11.2. The minimum Gasteiger partial charge on any atom is -0.480 e. The number of carbonyl (C=O) groups is 2. The standard InChI is InChI=1S/C17H28N4O3/c1-17(2,3)14-9-12(18-19-14)10-20(4)13-7-5-6-8-21(16(13)24)11-15(22)23/h9,13H,5-8,10-11H2,1-4H3,(H,18,19)(H,22,23). The van der Waals surface area contributed by atoms with Gasteiger partial charge in [-0.05, 0) is 32.4 Å². The molecule has 1 atom stereocenters. The van der Waals surface area contributed by atoms with Crippen LogP contribution in [0.3, 0.4) is 0 Å². The Hall–Kier alpha value is -1.89. The fourth-order valence-electron chi connectivity index (χ4n) is 3.02. The lowest BCUT2D eigenvalue weighted by molar-refractivity contribution is -0.146. The number of aliphatic carboxylic acids is 1. The predicted octanol–water partition coefficient (Wildman–Crippen LogP) is 1.60. The Bertz CT molecular complexity index is 591. The monoisotopic (exact) mass is 336 g/mol. The maximum absolute atomic E-state index is 12.7. The van der Waals surface area contributed by atoms with Crippen molar-refractivity contribution in [3.8, 4) is 0 Å². The lowest BCUT2D eigenvalue weighted by atomic mass is 9.92. The van der Waals surface area contributed by atoms with Gasteiger partial charge in [0.15, 0.2) is 0 Å². The molecule has 1 fully saturated rings. The number of hydrogen-bond donors (Lipinski definition) is 2. The molecule has 7 heteroatoms. The Morgan fingerprint density at radius 1 is 1.46 bits per heavy atom.